The first-order chi connectivity index (χ1) is 27.1. The van der Waals surface area contributed by atoms with E-state index in [1.807, 2.05) is 52.0 Å². The van der Waals surface area contributed by atoms with Gasteiger partial charge in [-0.05, 0) is 76.9 Å². The number of carbonyl (C=O) groups is 2. The van der Waals surface area contributed by atoms with Gasteiger partial charge in [0.1, 0.15) is 12.2 Å². The van der Waals surface area contributed by atoms with Crippen LogP contribution in [0.4, 0.5) is 0 Å². The number of methoxy groups -OCH3 is 2. The fraction of sp³-hybridized carbons (Fsp3) is 0.674. The molecule has 11 atom stereocenters. The van der Waals surface area contributed by atoms with Gasteiger partial charge < -0.3 is 39.3 Å². The summed E-state index contributed by atoms with van der Waals surface area (Å²) < 4.78 is 17.7. The van der Waals surface area contributed by atoms with Gasteiger partial charge in [0.25, 0.3) is 5.91 Å². The smallest absolute Gasteiger partial charge is 0.373 e. The van der Waals surface area contributed by atoms with E-state index in [0.717, 1.165) is 49.7 Å². The molecule has 1 amide bonds. The van der Waals surface area contributed by atoms with Crippen LogP contribution in [0.25, 0.3) is 0 Å². The van der Waals surface area contributed by atoms with Gasteiger partial charge in [-0.25, -0.2) is 4.79 Å². The van der Waals surface area contributed by atoms with E-state index in [0.29, 0.717) is 24.7 Å². The minimum Gasteiger partial charge on any atom is -0.490 e. The van der Waals surface area contributed by atoms with E-state index >= 15 is 0 Å². The zero-order valence-electron chi connectivity index (χ0n) is 36.6. The summed E-state index contributed by atoms with van der Waals surface area (Å²) in [4.78, 5) is 34.1. The highest BCUT2D eigenvalue weighted by molar-refractivity contribution is 5.96. The van der Waals surface area contributed by atoms with Crippen LogP contribution < -0.4 is 0 Å². The standard InChI is InChI=1S/C46H74N2O9/c1-12-18-39(49)33(6)21-22-38(47-56-29-42(50)48-23-15-14-16-24-48)35(8)44(52)36(9)45-40(54-10)20-17-19-30(3)25-31(4)27-37(13-2)43(51)34(7)26-32(5)28-41(55-11)46(53)57-45/h12,17-22,26,28,31,33-37,39-40,43-45,49,51-52H,13-16,23-25,27,29H2,1-11H3/b18-12+,20-17+,22-21+,30-19+,32-26+,41-28-,47-38+. The Hall–Kier alpha value is -3.51. The number of likely N-dealkylation sites (tertiary alicyclic amines) is 1. The summed E-state index contributed by atoms with van der Waals surface area (Å²) in [5.41, 5.74) is 2.24. The van der Waals surface area contributed by atoms with E-state index in [1.165, 1.54) is 14.2 Å². The molecule has 0 aromatic rings. The number of aliphatic hydroxyl groups excluding tert-OH is 3. The Bertz CT molecular complexity index is 1460. The lowest BCUT2D eigenvalue weighted by Gasteiger charge is -2.34. The predicted molar refractivity (Wildman–Crippen MR) is 227 cm³/mol. The van der Waals surface area contributed by atoms with Crippen LogP contribution >= 0.6 is 0 Å². The van der Waals surface area contributed by atoms with Crippen molar-refractivity contribution in [3.8, 4) is 0 Å². The van der Waals surface area contributed by atoms with Gasteiger partial charge in [-0.3, -0.25) is 4.79 Å². The molecule has 0 radical (unpaired) electrons. The van der Waals surface area contributed by atoms with Crippen molar-refractivity contribution in [2.75, 3.05) is 33.9 Å². The molecule has 2 heterocycles. The molecule has 11 heteroatoms. The van der Waals surface area contributed by atoms with E-state index in [9.17, 15) is 24.9 Å². The fourth-order valence-electron chi connectivity index (χ4n) is 7.69. The number of ether oxygens (including phenoxy) is 3. The highest BCUT2D eigenvalue weighted by Gasteiger charge is 2.38. The first kappa shape index (κ1) is 49.6. The molecule has 0 bridgehead atoms. The van der Waals surface area contributed by atoms with Crippen molar-refractivity contribution in [3.05, 3.63) is 71.6 Å². The van der Waals surface area contributed by atoms with Gasteiger partial charge >= 0.3 is 5.97 Å². The molecule has 3 N–H and O–H groups in total. The molecule has 1 fully saturated rings. The summed E-state index contributed by atoms with van der Waals surface area (Å²) in [6.45, 7) is 18.6. The Morgan fingerprint density at radius 3 is 2.39 bits per heavy atom. The van der Waals surface area contributed by atoms with Gasteiger partial charge in [0, 0.05) is 43.9 Å². The Labute approximate surface area is 343 Å². The summed E-state index contributed by atoms with van der Waals surface area (Å²) in [6, 6.07) is 0. The molecule has 0 aliphatic carbocycles. The van der Waals surface area contributed by atoms with Crippen molar-refractivity contribution in [3.63, 3.8) is 0 Å². The van der Waals surface area contributed by atoms with Crippen LogP contribution in [0, 0.1) is 35.5 Å². The summed E-state index contributed by atoms with van der Waals surface area (Å²) in [5, 5.41) is 38.3. The van der Waals surface area contributed by atoms with Gasteiger partial charge in [-0.1, -0.05) is 107 Å². The normalized spacial score (nSPS) is 31.3. The number of piperidine rings is 1. The number of hydrogen-bond acceptors (Lipinski definition) is 10. The molecule has 57 heavy (non-hydrogen) atoms. The zero-order valence-corrected chi connectivity index (χ0v) is 36.6. The summed E-state index contributed by atoms with van der Waals surface area (Å²) >= 11 is 0. The zero-order chi connectivity index (χ0) is 42.7. The van der Waals surface area contributed by atoms with Crippen LogP contribution in [-0.2, 0) is 28.6 Å². The number of carbonyl (C=O) groups excluding carboxylic acids is 2. The van der Waals surface area contributed by atoms with E-state index in [4.69, 9.17) is 19.0 Å². The Balaban J connectivity index is 2.57. The van der Waals surface area contributed by atoms with Crippen molar-refractivity contribution >= 4 is 17.6 Å². The lowest BCUT2D eigenvalue weighted by molar-refractivity contribution is -0.161. The van der Waals surface area contributed by atoms with E-state index < -0.39 is 48.3 Å². The summed E-state index contributed by atoms with van der Waals surface area (Å²) in [6.07, 6.45) is 17.6. The van der Waals surface area contributed by atoms with E-state index in [-0.39, 0.29) is 36.0 Å². The van der Waals surface area contributed by atoms with Crippen LogP contribution in [0.1, 0.15) is 101 Å². The van der Waals surface area contributed by atoms with Gasteiger partial charge in [-0.15, -0.1) is 0 Å². The number of cyclic esters (lactones) is 1. The summed E-state index contributed by atoms with van der Waals surface area (Å²) in [7, 11) is 2.93. The minimum absolute atomic E-state index is 0.0350. The largest absolute Gasteiger partial charge is 0.490 e. The molecule has 2 aliphatic rings. The first-order valence-corrected chi connectivity index (χ1v) is 20.9. The molecular weight excluding hydrogens is 725 g/mol. The second kappa shape index (κ2) is 25.8. The van der Waals surface area contributed by atoms with Gasteiger partial charge in [-0.2, -0.15) is 0 Å². The molecule has 0 spiro atoms. The number of rotatable bonds is 14. The highest BCUT2D eigenvalue weighted by atomic mass is 16.6. The lowest BCUT2D eigenvalue weighted by atomic mass is 9.81. The maximum atomic E-state index is 13.9. The van der Waals surface area contributed by atoms with Crippen LogP contribution in [0.5, 0.6) is 0 Å². The van der Waals surface area contributed by atoms with Crippen LogP contribution in [0.15, 0.2) is 76.7 Å². The molecule has 0 aromatic carbocycles. The molecule has 11 nitrogen and oxygen atoms in total. The molecular formula is C46H74N2O9. The van der Waals surface area contributed by atoms with Gasteiger partial charge in [0.15, 0.2) is 6.61 Å². The molecule has 11 unspecified atom stereocenters. The Kier molecular flexibility index (Phi) is 22.4. The SMILES string of the molecule is C/C=C/C(O)C(C)/C=C/C(=N\OCC(=O)N1CCCCC1)C(C)C(O)C(C)C1OC(=O)/C(OC)=C/C(C)=C/C(C)C(O)C(CC)CC(C)C/C(C)=C/C=C/C1OC. The van der Waals surface area contributed by atoms with Crippen molar-refractivity contribution < 1.29 is 44.0 Å². The Morgan fingerprint density at radius 1 is 1.09 bits per heavy atom. The average Bonchev–Trinajstić information content (AvgIpc) is 3.19. The van der Waals surface area contributed by atoms with Crippen molar-refractivity contribution in [1.82, 2.24) is 4.90 Å². The third-order valence-corrected chi connectivity index (χ3v) is 11.3. The quantitative estimate of drug-likeness (QED) is 0.0704. The molecule has 1 saturated heterocycles. The number of hydrogen-bond donors (Lipinski definition) is 3. The third-order valence-electron chi connectivity index (χ3n) is 11.3. The van der Waals surface area contributed by atoms with Crippen molar-refractivity contribution in [2.45, 2.75) is 131 Å². The monoisotopic (exact) mass is 799 g/mol. The van der Waals surface area contributed by atoms with Crippen molar-refractivity contribution in [1.29, 1.82) is 0 Å². The predicted octanol–water partition coefficient (Wildman–Crippen LogP) is 7.49. The molecule has 0 saturated carbocycles. The van der Waals surface area contributed by atoms with E-state index in [1.54, 1.807) is 49.1 Å². The Morgan fingerprint density at radius 2 is 1.77 bits per heavy atom. The number of nitrogens with zero attached hydrogens (tertiary/aromatic N) is 2. The lowest BCUT2D eigenvalue weighted by Crippen LogP contribution is -2.45. The number of allylic oxidation sites excluding steroid dienone is 7. The van der Waals surface area contributed by atoms with Gasteiger partial charge in [0.2, 0.25) is 5.76 Å². The number of amides is 1. The summed E-state index contributed by atoms with van der Waals surface area (Å²) in [5.74, 6) is -2.30. The number of oxime groups is 1. The molecule has 2 aliphatic heterocycles. The van der Waals surface area contributed by atoms with E-state index in [2.05, 4.69) is 25.9 Å². The van der Waals surface area contributed by atoms with Crippen LogP contribution in [0.3, 0.4) is 0 Å². The van der Waals surface area contributed by atoms with Crippen LogP contribution in [0.2, 0.25) is 0 Å². The highest BCUT2D eigenvalue weighted by Crippen LogP contribution is 2.30. The van der Waals surface area contributed by atoms with Crippen molar-refractivity contribution in [2.24, 2.45) is 40.7 Å². The average molecular weight is 799 g/mol. The maximum Gasteiger partial charge on any atom is 0.373 e. The number of esters is 1. The van der Waals surface area contributed by atoms with Gasteiger partial charge in [0.05, 0.1) is 31.1 Å². The van der Waals surface area contributed by atoms with Crippen LogP contribution in [-0.4, -0.2) is 102 Å². The first-order valence-electron chi connectivity index (χ1n) is 20.9. The molecule has 322 valence electrons. The third kappa shape index (κ3) is 16.3. The fourth-order valence-corrected chi connectivity index (χ4v) is 7.69. The number of aliphatic hydroxyl groups is 3. The second-order valence-corrected chi connectivity index (χ2v) is 16.3. The maximum absolute atomic E-state index is 13.9. The minimum atomic E-state index is -1.14. The topological polar surface area (TPSA) is 147 Å². The second-order valence-electron chi connectivity index (χ2n) is 16.3. The molecule has 2 rings (SSSR count). The molecule has 0 aromatic heterocycles.